The quantitative estimate of drug-likeness (QED) is 0.0121. The van der Waals surface area contributed by atoms with Crippen molar-refractivity contribution in [3.8, 4) is 74.2 Å². The van der Waals surface area contributed by atoms with E-state index in [0.717, 1.165) is 198 Å². The van der Waals surface area contributed by atoms with Crippen LogP contribution in [0, 0.1) is 59.1 Å². The van der Waals surface area contributed by atoms with E-state index >= 15 is 8.78 Å². The van der Waals surface area contributed by atoms with Crippen molar-refractivity contribution in [1.29, 1.82) is 10.5 Å². The Morgan fingerprint density at radius 3 is 0.925 bits per heavy atom. The number of hydrogen-bond acceptors (Lipinski definition) is 14. The molecular weight excluding hydrogens is 1620 g/mol. The van der Waals surface area contributed by atoms with Gasteiger partial charge in [-0.15, -0.1) is 68.0 Å². The Labute approximate surface area is 733 Å². The topological polar surface area (TPSA) is 127 Å². The van der Waals surface area contributed by atoms with Crippen LogP contribution in [-0.4, -0.2) is 25.8 Å². The summed E-state index contributed by atoms with van der Waals surface area (Å²) in [7, 11) is 3.26. The highest BCUT2D eigenvalue weighted by molar-refractivity contribution is 7.36. The third-order valence-electron chi connectivity index (χ3n) is 24.6. The van der Waals surface area contributed by atoms with Gasteiger partial charge in [-0.25, -0.2) is 37.8 Å². The summed E-state index contributed by atoms with van der Waals surface area (Å²) in [6.45, 7) is 25.0. The van der Waals surface area contributed by atoms with Crippen LogP contribution in [0.2, 0.25) is 0 Å². The summed E-state index contributed by atoms with van der Waals surface area (Å²) in [5.74, 6) is -3.10. The number of carbonyl (C=O) groups excluding carboxylic acids is 2. The molecule has 0 amide bonds. The van der Waals surface area contributed by atoms with Crippen LogP contribution in [0.5, 0.6) is 23.0 Å². The number of Topliss-reactive ketones (excluding diaryl/α,β-unsaturated/α-hetero) is 2. The van der Waals surface area contributed by atoms with Crippen LogP contribution in [0.3, 0.4) is 0 Å². The van der Waals surface area contributed by atoms with Gasteiger partial charge in [0.25, 0.3) is 11.4 Å². The van der Waals surface area contributed by atoms with Crippen LogP contribution in [0.25, 0.3) is 81.4 Å². The third kappa shape index (κ3) is 20.9. The van der Waals surface area contributed by atoms with E-state index in [4.69, 9.17) is 32.1 Å². The maximum Gasteiger partial charge on any atom is 0.270 e. The number of ketones is 2. The fraction of sp³-hybridized carbons (Fsp3) is 0.520. The molecule has 0 unspecified atom stereocenters. The van der Waals surface area contributed by atoms with Gasteiger partial charge in [0.1, 0.15) is 22.7 Å². The molecule has 0 radical (unpaired) electrons. The van der Waals surface area contributed by atoms with Crippen molar-refractivity contribution in [1.82, 2.24) is 0 Å². The second-order valence-electron chi connectivity index (χ2n) is 33.2. The zero-order chi connectivity index (χ0) is 84.7. The van der Waals surface area contributed by atoms with E-state index in [0.29, 0.717) is 21.3 Å². The number of hydrogen-bond donors (Lipinski definition) is 0. The first-order valence-electron chi connectivity index (χ1n) is 44.8. The molecule has 0 saturated carbocycles. The summed E-state index contributed by atoms with van der Waals surface area (Å²) in [6, 6.07) is 15.7. The average Bonchev–Trinajstić information content (AvgIpc) is 1.53. The van der Waals surface area contributed by atoms with Crippen molar-refractivity contribution in [3.63, 3.8) is 0 Å². The van der Waals surface area contributed by atoms with E-state index < -0.39 is 57.4 Å². The minimum Gasteiger partial charge on any atom is -0.495 e. The van der Waals surface area contributed by atoms with E-state index in [1.807, 2.05) is 24.3 Å². The number of ether oxygens (including phenoxy) is 4. The molecular formula is C100H116F4N4O6S6. The van der Waals surface area contributed by atoms with Crippen molar-refractivity contribution < 1.29 is 46.1 Å². The molecule has 2 aromatic carbocycles. The smallest absolute Gasteiger partial charge is 0.270 e. The first kappa shape index (κ1) is 91.3. The number of benzene rings is 2. The molecule has 0 atom stereocenters. The number of methoxy groups -OCH3 is 2. The van der Waals surface area contributed by atoms with Crippen molar-refractivity contribution in [2.24, 2.45) is 0 Å². The lowest BCUT2D eigenvalue weighted by molar-refractivity contribution is 0.0406. The van der Waals surface area contributed by atoms with Gasteiger partial charge in [-0.1, -0.05) is 259 Å². The van der Waals surface area contributed by atoms with Gasteiger partial charge in [-0.3, -0.25) is 9.59 Å². The molecule has 0 bridgehead atoms. The molecule has 0 N–H and O–H groups in total. The van der Waals surface area contributed by atoms with E-state index in [1.165, 1.54) is 202 Å². The van der Waals surface area contributed by atoms with Crippen molar-refractivity contribution in [2.45, 2.75) is 321 Å². The third-order valence-corrected chi connectivity index (χ3v) is 32.2. The molecule has 0 spiro atoms. The monoisotopic (exact) mass is 1740 g/mol. The van der Waals surface area contributed by atoms with Gasteiger partial charge in [0.2, 0.25) is 0 Å². The Morgan fingerprint density at radius 1 is 0.383 bits per heavy atom. The number of thiophene rings is 6. The zero-order valence-corrected chi connectivity index (χ0v) is 76.0. The van der Waals surface area contributed by atoms with Crippen molar-refractivity contribution in [3.05, 3.63) is 160 Å². The molecule has 8 heterocycles. The van der Waals surface area contributed by atoms with Crippen LogP contribution >= 0.6 is 68.0 Å². The van der Waals surface area contributed by atoms with Crippen molar-refractivity contribution >= 4 is 112 Å². The van der Waals surface area contributed by atoms with Crippen LogP contribution in [0.15, 0.2) is 71.1 Å². The van der Waals surface area contributed by atoms with Crippen LogP contribution in [0.1, 0.15) is 363 Å². The van der Waals surface area contributed by atoms with Gasteiger partial charge in [-0.2, -0.15) is 0 Å². The standard InChI is InChI=1S/C100H116F4N4O6S6/c1-9-13-17-21-25-29-33-37-41-45-49-99(50-46-42-38-34-30-26-22-18-14-10-2)73-61-83(93-81(111-7)55-65(115-93)53-71-85(79(63-105)107-5)67-57-75(101)77(103)59-69(67)87(71)109)117-91(73)95-89(113-99)97-98(119-95)90-96(120-97)92-74(100(114-90,51-47-43-39-35-31-27-23-19-15-11-3)52-48-44-40-36-32-28-24-20-16-12-4)62-84(118-92)94-82(112-8)56-66(116-94)54-72-86(80(64-106)108-6)68-58-76(102)78(104)60-70(68)88(72)110/h53-62H,9-52H2,1-4,7-8H3/b71-53-,72-54-,85-79-,86-80+. The van der Waals surface area contributed by atoms with E-state index in [1.54, 1.807) is 71.7 Å². The summed E-state index contributed by atoms with van der Waals surface area (Å²) in [6.07, 6.45) is 54.2. The minimum absolute atomic E-state index is 0.00120. The summed E-state index contributed by atoms with van der Waals surface area (Å²) in [5.41, 5.74) is -0.231. The number of halogens is 4. The minimum atomic E-state index is -1.20. The predicted octanol–water partition coefficient (Wildman–Crippen LogP) is 33.7. The SMILES string of the molecule is [C-]#[N+]/C(C#N)=C1\C(=C\c2cc(OC)c(-c3cc4c(s3)-c3sc5c6c(sc5c3OC4(CCCCCCCCCCCC)CCCCCCCCCCCC)-c3sc(-c4sc(/C=C5\C(=O)c7cc(F)c(F)cc7\C5=C(\C#N)[N+]#[C-])cc4OC)cc3C(CCCCCCCCCCCC)(CCCCCCCCCCCC)O6)s2)C(=O)c2cc(F)c(F)cc21. The van der Waals surface area contributed by atoms with E-state index in [9.17, 15) is 28.9 Å². The predicted molar refractivity (Wildman–Crippen MR) is 492 cm³/mol. The van der Waals surface area contributed by atoms with Gasteiger partial charge in [0.15, 0.2) is 46.3 Å². The normalized spacial score (nSPS) is 15.6. The lowest BCUT2D eigenvalue weighted by Gasteiger charge is -2.39. The van der Waals surface area contributed by atoms with Crippen LogP contribution < -0.4 is 18.9 Å². The molecule has 2 aliphatic heterocycles. The number of unbranched alkanes of at least 4 members (excludes halogenated alkanes) is 36. The van der Waals surface area contributed by atoms with Crippen LogP contribution in [-0.2, 0) is 11.2 Å². The second-order valence-corrected chi connectivity index (χ2v) is 39.5. The van der Waals surface area contributed by atoms with Gasteiger partial charge in [0, 0.05) is 64.1 Å². The fourth-order valence-electron chi connectivity index (χ4n) is 18.1. The number of rotatable bonds is 50. The fourth-order valence-corrected chi connectivity index (χ4v) is 25.8. The molecule has 8 aromatic rings. The molecule has 12 rings (SSSR count). The van der Waals surface area contributed by atoms with Gasteiger partial charge >= 0.3 is 0 Å². The molecule has 0 fully saturated rings. The molecule has 2 aliphatic carbocycles. The van der Waals surface area contributed by atoms with Crippen molar-refractivity contribution in [2.75, 3.05) is 14.2 Å². The maximum absolute atomic E-state index is 15.1. The number of nitrogens with zero attached hydrogens (tertiary/aromatic N) is 4. The molecule has 10 nitrogen and oxygen atoms in total. The Hall–Kier alpha value is -7.92. The Balaban J connectivity index is 0.996. The van der Waals surface area contributed by atoms with E-state index in [2.05, 4.69) is 49.5 Å². The Bertz CT molecular complexity index is 4840. The number of nitriles is 2. The molecule has 6 aromatic heterocycles. The molecule has 0 saturated heterocycles. The zero-order valence-electron chi connectivity index (χ0n) is 71.1. The molecule has 4 aliphatic rings. The average molecular weight is 1740 g/mol. The lowest BCUT2D eigenvalue weighted by atomic mass is 9.81. The number of carbonyl (C=O) groups is 2. The lowest BCUT2D eigenvalue weighted by Crippen LogP contribution is -2.35. The largest absolute Gasteiger partial charge is 0.495 e. The van der Waals surface area contributed by atoms with Gasteiger partial charge < -0.3 is 18.9 Å². The highest BCUT2D eigenvalue weighted by Gasteiger charge is 2.49. The summed E-state index contributed by atoms with van der Waals surface area (Å²) < 4.78 is 91.1. The summed E-state index contributed by atoms with van der Waals surface area (Å²) >= 11 is 9.78. The Morgan fingerprint density at radius 2 is 0.658 bits per heavy atom. The molecule has 636 valence electrons. The summed E-state index contributed by atoms with van der Waals surface area (Å²) in [5, 5.41) is 20.6. The highest BCUT2D eigenvalue weighted by Crippen LogP contribution is 2.68. The van der Waals surface area contributed by atoms with Crippen LogP contribution in [0.4, 0.5) is 17.6 Å². The summed E-state index contributed by atoms with van der Waals surface area (Å²) in [4.78, 5) is 44.9. The first-order valence-corrected chi connectivity index (χ1v) is 49.7. The van der Waals surface area contributed by atoms with E-state index in [-0.39, 0.29) is 44.5 Å². The van der Waals surface area contributed by atoms with Gasteiger partial charge in [0.05, 0.1) is 78.2 Å². The number of allylic oxidation sites excluding steroid dienone is 6. The molecule has 20 heteroatoms. The molecule has 120 heavy (non-hydrogen) atoms. The number of fused-ring (bicyclic) bond motifs is 11. The maximum atomic E-state index is 15.1. The first-order chi connectivity index (χ1) is 58.6. The highest BCUT2D eigenvalue weighted by atomic mass is 32.1. The Kier molecular flexibility index (Phi) is 33.8. The van der Waals surface area contributed by atoms with Gasteiger partial charge in [-0.05, 0) is 123 Å². The second kappa shape index (κ2) is 44.4.